The second-order valence-corrected chi connectivity index (χ2v) is 7.91. The van der Waals surface area contributed by atoms with Gasteiger partial charge in [-0.15, -0.1) is 0 Å². The highest BCUT2D eigenvalue weighted by Gasteiger charge is 2.26. The van der Waals surface area contributed by atoms with Crippen molar-refractivity contribution in [3.63, 3.8) is 0 Å². The lowest BCUT2D eigenvalue weighted by Gasteiger charge is -2.23. The minimum atomic E-state index is -3.65. The van der Waals surface area contributed by atoms with E-state index in [1.54, 1.807) is 12.3 Å². The van der Waals surface area contributed by atoms with Crippen LogP contribution in [0.1, 0.15) is 28.2 Å². The van der Waals surface area contributed by atoms with Gasteiger partial charge >= 0.3 is 5.97 Å². The van der Waals surface area contributed by atoms with E-state index >= 15 is 0 Å². The molecule has 126 valence electrons. The Kier molecular flexibility index (Phi) is 3.65. The summed E-state index contributed by atoms with van der Waals surface area (Å²) < 4.78 is 34.6. The molecule has 0 radical (unpaired) electrons. The Labute approximate surface area is 139 Å². The van der Waals surface area contributed by atoms with Crippen LogP contribution in [0.15, 0.2) is 35.5 Å². The number of imidazole rings is 1. The number of hydrogen-bond acceptors (Lipinski definition) is 5. The molecule has 0 fully saturated rings. The highest BCUT2D eigenvalue weighted by atomic mass is 32.2. The van der Waals surface area contributed by atoms with E-state index in [1.165, 1.54) is 12.1 Å². The Bertz CT molecular complexity index is 904. The number of cyclic esters (lactones) is 1. The van der Waals surface area contributed by atoms with Gasteiger partial charge in [0.25, 0.3) is 0 Å². The van der Waals surface area contributed by atoms with Gasteiger partial charge in [0.15, 0.2) is 0 Å². The van der Waals surface area contributed by atoms with Crippen LogP contribution in [0.3, 0.4) is 0 Å². The highest BCUT2D eigenvalue weighted by molar-refractivity contribution is 7.89. The Balaban J connectivity index is 1.46. The third-order valence-corrected chi connectivity index (χ3v) is 6.00. The molecule has 0 saturated heterocycles. The van der Waals surface area contributed by atoms with Crippen molar-refractivity contribution in [3.05, 3.63) is 47.5 Å². The van der Waals surface area contributed by atoms with Crippen LogP contribution in [0.2, 0.25) is 0 Å². The number of nitrogens with zero attached hydrogens (tertiary/aromatic N) is 2. The van der Waals surface area contributed by atoms with E-state index in [0.29, 0.717) is 12.1 Å². The lowest BCUT2D eigenvalue weighted by molar-refractivity contribution is 0.0535. The van der Waals surface area contributed by atoms with Crippen molar-refractivity contribution >= 4 is 16.0 Å². The maximum absolute atomic E-state index is 12.5. The molecule has 4 rings (SSSR count). The summed E-state index contributed by atoms with van der Waals surface area (Å²) in [5, 5.41) is 0. The van der Waals surface area contributed by atoms with Gasteiger partial charge < -0.3 is 9.30 Å². The SMILES string of the molecule is O=C1OCc2ccc(S(=O)(=O)NC[C@@H]3CCn4ccnc4C3)cc21. The lowest BCUT2D eigenvalue weighted by Crippen LogP contribution is -2.33. The Hall–Kier alpha value is -2.19. The quantitative estimate of drug-likeness (QED) is 0.836. The van der Waals surface area contributed by atoms with Crippen LogP contribution >= 0.6 is 0 Å². The molecule has 7 nitrogen and oxygen atoms in total. The number of hydrogen-bond donors (Lipinski definition) is 1. The van der Waals surface area contributed by atoms with E-state index in [1.807, 2.05) is 6.20 Å². The third-order valence-electron chi connectivity index (χ3n) is 4.58. The zero-order valence-electron chi connectivity index (χ0n) is 12.9. The molecule has 8 heteroatoms. The van der Waals surface area contributed by atoms with E-state index < -0.39 is 16.0 Å². The van der Waals surface area contributed by atoms with Crippen molar-refractivity contribution in [1.29, 1.82) is 0 Å². The number of rotatable bonds is 4. The summed E-state index contributed by atoms with van der Waals surface area (Å²) in [7, 11) is -3.65. The molecule has 1 atom stereocenters. The summed E-state index contributed by atoms with van der Waals surface area (Å²) >= 11 is 0. The standard InChI is InChI=1S/C16H17N3O4S/c20-16-14-8-13(2-1-12(14)10-23-16)24(21,22)18-9-11-3-5-19-6-4-17-15(19)7-11/h1-2,4,6,8,11,18H,3,5,7,9-10H2/t11-/m1/s1. The van der Waals surface area contributed by atoms with Gasteiger partial charge in [0, 0.05) is 37.5 Å². The molecule has 0 bridgehead atoms. The van der Waals surface area contributed by atoms with E-state index in [0.717, 1.165) is 30.8 Å². The molecular weight excluding hydrogens is 330 g/mol. The topological polar surface area (TPSA) is 90.3 Å². The van der Waals surface area contributed by atoms with E-state index in [2.05, 4.69) is 14.3 Å². The average molecular weight is 347 g/mol. The van der Waals surface area contributed by atoms with Crippen LogP contribution in [0.4, 0.5) is 0 Å². The number of carbonyl (C=O) groups is 1. The lowest BCUT2D eigenvalue weighted by atomic mass is 9.98. The van der Waals surface area contributed by atoms with Crippen LogP contribution in [-0.4, -0.2) is 30.5 Å². The predicted octanol–water partition coefficient (Wildman–Crippen LogP) is 1.09. The second-order valence-electron chi connectivity index (χ2n) is 6.14. The fraction of sp³-hybridized carbons (Fsp3) is 0.375. The number of benzene rings is 1. The summed E-state index contributed by atoms with van der Waals surface area (Å²) in [6.45, 7) is 1.42. The predicted molar refractivity (Wildman–Crippen MR) is 84.8 cm³/mol. The van der Waals surface area contributed by atoms with Crippen LogP contribution in [-0.2, 0) is 34.3 Å². The van der Waals surface area contributed by atoms with Gasteiger partial charge in [0.2, 0.25) is 10.0 Å². The van der Waals surface area contributed by atoms with Crippen molar-refractivity contribution < 1.29 is 17.9 Å². The smallest absolute Gasteiger partial charge is 0.338 e. The molecule has 3 heterocycles. The van der Waals surface area contributed by atoms with Gasteiger partial charge in [-0.1, -0.05) is 6.07 Å². The summed E-state index contributed by atoms with van der Waals surface area (Å²) in [4.78, 5) is 16.0. The largest absolute Gasteiger partial charge is 0.457 e. The molecule has 0 saturated carbocycles. The van der Waals surface area contributed by atoms with Crippen molar-refractivity contribution in [2.75, 3.05) is 6.54 Å². The van der Waals surface area contributed by atoms with Crippen molar-refractivity contribution in [3.8, 4) is 0 Å². The Morgan fingerprint density at radius 2 is 2.25 bits per heavy atom. The molecule has 0 unspecified atom stereocenters. The van der Waals surface area contributed by atoms with Gasteiger partial charge in [-0.2, -0.15) is 0 Å². The summed E-state index contributed by atoms with van der Waals surface area (Å²) in [5.74, 6) is 0.737. The Morgan fingerprint density at radius 3 is 3.12 bits per heavy atom. The number of sulfonamides is 1. The zero-order chi connectivity index (χ0) is 16.7. The molecule has 24 heavy (non-hydrogen) atoms. The molecule has 2 aromatic rings. The van der Waals surface area contributed by atoms with Crippen LogP contribution < -0.4 is 4.72 Å². The molecule has 0 spiro atoms. The first-order chi connectivity index (χ1) is 11.5. The first kappa shape index (κ1) is 15.3. The number of aryl methyl sites for hydroxylation is 1. The molecule has 0 amide bonds. The van der Waals surface area contributed by atoms with Gasteiger partial charge in [-0.05, 0) is 24.5 Å². The maximum Gasteiger partial charge on any atom is 0.338 e. The van der Waals surface area contributed by atoms with Crippen LogP contribution in [0.25, 0.3) is 0 Å². The number of ether oxygens (including phenoxy) is 1. The normalized spacial score (nSPS) is 19.7. The highest BCUT2D eigenvalue weighted by Crippen LogP contribution is 2.24. The molecule has 2 aliphatic heterocycles. The van der Waals surface area contributed by atoms with Gasteiger partial charge in [-0.25, -0.2) is 22.9 Å². The second kappa shape index (κ2) is 5.71. The number of nitrogens with one attached hydrogen (secondary N) is 1. The number of fused-ring (bicyclic) bond motifs is 2. The minimum absolute atomic E-state index is 0.0948. The maximum atomic E-state index is 12.5. The summed E-state index contributed by atoms with van der Waals surface area (Å²) in [6, 6.07) is 4.53. The van der Waals surface area contributed by atoms with Gasteiger partial charge in [0.05, 0.1) is 10.5 Å². The Morgan fingerprint density at radius 1 is 1.38 bits per heavy atom. The number of aromatic nitrogens is 2. The van der Waals surface area contributed by atoms with E-state index in [4.69, 9.17) is 4.74 Å². The molecule has 1 N–H and O–H groups in total. The van der Waals surface area contributed by atoms with Crippen molar-refractivity contribution in [2.45, 2.75) is 30.9 Å². The van der Waals surface area contributed by atoms with Crippen LogP contribution in [0.5, 0.6) is 0 Å². The fourth-order valence-electron chi connectivity index (χ4n) is 3.16. The van der Waals surface area contributed by atoms with E-state index in [9.17, 15) is 13.2 Å². The van der Waals surface area contributed by atoms with Crippen LogP contribution in [0, 0.1) is 5.92 Å². The van der Waals surface area contributed by atoms with Gasteiger partial charge in [0.1, 0.15) is 12.4 Å². The average Bonchev–Trinajstić information content (AvgIpc) is 3.19. The molecule has 0 aliphatic carbocycles. The molecule has 2 aliphatic rings. The fourth-order valence-corrected chi connectivity index (χ4v) is 4.30. The minimum Gasteiger partial charge on any atom is -0.457 e. The molecular formula is C16H17N3O4S. The van der Waals surface area contributed by atoms with Crippen molar-refractivity contribution in [1.82, 2.24) is 14.3 Å². The summed E-state index contributed by atoms with van der Waals surface area (Å²) in [6.07, 6.45) is 5.37. The number of carbonyl (C=O) groups excluding carboxylic acids is 1. The first-order valence-electron chi connectivity index (χ1n) is 7.83. The molecule has 1 aromatic heterocycles. The first-order valence-corrected chi connectivity index (χ1v) is 9.31. The monoisotopic (exact) mass is 347 g/mol. The molecule has 1 aromatic carbocycles. The summed E-state index contributed by atoms with van der Waals surface area (Å²) in [5.41, 5.74) is 1.05. The third kappa shape index (κ3) is 2.71. The zero-order valence-corrected chi connectivity index (χ0v) is 13.8. The number of esters is 1. The van der Waals surface area contributed by atoms with Gasteiger partial charge in [-0.3, -0.25) is 0 Å². The van der Waals surface area contributed by atoms with E-state index in [-0.39, 0.29) is 17.4 Å². The van der Waals surface area contributed by atoms with Crippen molar-refractivity contribution in [2.24, 2.45) is 5.92 Å².